The molecule has 0 bridgehead atoms. The standard InChI is InChI=1S/C16H18N6O2/c17-15-14-12(16(24)19-5-1-2-8-23)9-13(22(14)21-10-20-15)11-3-6-18-7-4-11/h3-4,6-7,9-10,23H,1-2,5,8H2,(H,19,24)(H2,17,20,21). The number of pyridine rings is 1. The van der Waals surface area contributed by atoms with Crippen molar-refractivity contribution >= 4 is 17.2 Å². The summed E-state index contributed by atoms with van der Waals surface area (Å²) in [5.41, 5.74) is 8.47. The number of fused-ring (bicyclic) bond motifs is 1. The van der Waals surface area contributed by atoms with Crippen LogP contribution in [0.25, 0.3) is 16.8 Å². The van der Waals surface area contributed by atoms with E-state index in [2.05, 4.69) is 20.4 Å². The molecule has 0 aliphatic carbocycles. The summed E-state index contributed by atoms with van der Waals surface area (Å²) in [6.07, 6.45) is 6.05. The van der Waals surface area contributed by atoms with E-state index in [9.17, 15) is 4.79 Å². The fraction of sp³-hybridized carbons (Fsp3) is 0.250. The van der Waals surface area contributed by atoms with E-state index in [4.69, 9.17) is 10.8 Å². The van der Waals surface area contributed by atoms with Gasteiger partial charge in [-0.2, -0.15) is 5.10 Å². The summed E-state index contributed by atoms with van der Waals surface area (Å²) in [4.78, 5) is 20.5. The molecule has 3 aromatic rings. The molecule has 1 amide bonds. The van der Waals surface area contributed by atoms with Crippen LogP contribution in [0.15, 0.2) is 36.9 Å². The van der Waals surface area contributed by atoms with Gasteiger partial charge in [-0.05, 0) is 31.0 Å². The summed E-state index contributed by atoms with van der Waals surface area (Å²) in [7, 11) is 0. The number of unbranched alkanes of at least 4 members (excludes halogenated alkanes) is 1. The largest absolute Gasteiger partial charge is 0.396 e. The second-order valence-electron chi connectivity index (χ2n) is 5.27. The molecule has 0 spiro atoms. The Kier molecular flexibility index (Phi) is 4.66. The van der Waals surface area contributed by atoms with Crippen molar-refractivity contribution in [1.82, 2.24) is 24.9 Å². The van der Waals surface area contributed by atoms with E-state index in [1.54, 1.807) is 23.0 Å². The molecular weight excluding hydrogens is 308 g/mol. The molecule has 24 heavy (non-hydrogen) atoms. The molecule has 3 aromatic heterocycles. The van der Waals surface area contributed by atoms with Gasteiger partial charge in [0.15, 0.2) is 5.82 Å². The summed E-state index contributed by atoms with van der Waals surface area (Å²) in [5, 5.41) is 15.9. The molecule has 8 nitrogen and oxygen atoms in total. The minimum Gasteiger partial charge on any atom is -0.396 e. The Labute approximate surface area is 138 Å². The van der Waals surface area contributed by atoms with Crippen molar-refractivity contribution in [2.45, 2.75) is 12.8 Å². The highest BCUT2D eigenvalue weighted by atomic mass is 16.3. The molecule has 0 aliphatic heterocycles. The van der Waals surface area contributed by atoms with Gasteiger partial charge in [-0.1, -0.05) is 0 Å². The number of aromatic nitrogens is 4. The lowest BCUT2D eigenvalue weighted by Gasteiger charge is -2.04. The number of aliphatic hydroxyl groups is 1. The molecule has 4 N–H and O–H groups in total. The third-order valence-electron chi connectivity index (χ3n) is 3.67. The Morgan fingerprint density at radius 1 is 1.29 bits per heavy atom. The number of nitrogen functional groups attached to an aromatic ring is 1. The number of hydrogen-bond donors (Lipinski definition) is 3. The molecule has 3 rings (SSSR count). The van der Waals surface area contributed by atoms with Gasteiger partial charge in [-0.25, -0.2) is 9.50 Å². The number of nitrogens with zero attached hydrogens (tertiary/aromatic N) is 4. The third-order valence-corrected chi connectivity index (χ3v) is 3.67. The fourth-order valence-electron chi connectivity index (χ4n) is 2.50. The van der Waals surface area contributed by atoms with Crippen LogP contribution in [-0.4, -0.2) is 43.7 Å². The zero-order valence-corrected chi connectivity index (χ0v) is 13.0. The summed E-state index contributed by atoms with van der Waals surface area (Å²) in [6.45, 7) is 0.590. The van der Waals surface area contributed by atoms with Gasteiger partial charge in [-0.15, -0.1) is 0 Å². The topological polar surface area (TPSA) is 118 Å². The van der Waals surface area contributed by atoms with Gasteiger partial charge >= 0.3 is 0 Å². The first-order chi connectivity index (χ1) is 11.7. The molecule has 0 unspecified atom stereocenters. The number of hydrogen-bond acceptors (Lipinski definition) is 6. The van der Waals surface area contributed by atoms with Crippen molar-refractivity contribution < 1.29 is 9.90 Å². The van der Waals surface area contributed by atoms with Crippen LogP contribution in [-0.2, 0) is 0 Å². The van der Waals surface area contributed by atoms with E-state index in [0.717, 1.165) is 11.3 Å². The highest BCUT2D eigenvalue weighted by Crippen LogP contribution is 2.27. The van der Waals surface area contributed by atoms with Gasteiger partial charge in [0.05, 0.1) is 11.3 Å². The minimum absolute atomic E-state index is 0.109. The molecule has 0 radical (unpaired) electrons. The predicted octanol–water partition coefficient (Wildman–Crippen LogP) is 0.876. The zero-order chi connectivity index (χ0) is 16.9. The second kappa shape index (κ2) is 7.05. The van der Waals surface area contributed by atoms with E-state index in [-0.39, 0.29) is 18.3 Å². The first-order valence-electron chi connectivity index (χ1n) is 7.64. The van der Waals surface area contributed by atoms with Crippen molar-refractivity contribution in [1.29, 1.82) is 0 Å². The summed E-state index contributed by atoms with van der Waals surface area (Å²) >= 11 is 0. The molecule has 8 heteroatoms. The number of carbonyl (C=O) groups excluding carboxylic acids is 1. The number of aliphatic hydroxyl groups excluding tert-OH is 1. The fourth-order valence-corrected chi connectivity index (χ4v) is 2.50. The maximum Gasteiger partial charge on any atom is 0.253 e. The summed E-state index contributed by atoms with van der Waals surface area (Å²) in [5.74, 6) is -0.00180. The van der Waals surface area contributed by atoms with E-state index < -0.39 is 0 Å². The van der Waals surface area contributed by atoms with Crippen molar-refractivity contribution in [3.8, 4) is 11.3 Å². The van der Waals surface area contributed by atoms with Crippen molar-refractivity contribution in [3.63, 3.8) is 0 Å². The number of nitrogens with one attached hydrogen (secondary N) is 1. The molecule has 0 saturated carbocycles. The maximum absolute atomic E-state index is 12.5. The number of carbonyl (C=O) groups is 1. The van der Waals surface area contributed by atoms with Crippen LogP contribution in [0.5, 0.6) is 0 Å². The Morgan fingerprint density at radius 3 is 2.83 bits per heavy atom. The van der Waals surface area contributed by atoms with Crippen LogP contribution in [0.1, 0.15) is 23.2 Å². The van der Waals surface area contributed by atoms with Crippen molar-refractivity contribution in [2.75, 3.05) is 18.9 Å². The number of rotatable bonds is 6. The Bertz CT molecular complexity index is 846. The van der Waals surface area contributed by atoms with Gasteiger partial charge in [-0.3, -0.25) is 9.78 Å². The van der Waals surface area contributed by atoms with Crippen LogP contribution < -0.4 is 11.1 Å². The lowest BCUT2D eigenvalue weighted by atomic mass is 10.1. The molecule has 0 fully saturated rings. The maximum atomic E-state index is 12.5. The van der Waals surface area contributed by atoms with Crippen LogP contribution in [0.3, 0.4) is 0 Å². The third kappa shape index (κ3) is 3.04. The first kappa shape index (κ1) is 15.9. The average Bonchev–Trinajstić information content (AvgIpc) is 3.00. The lowest BCUT2D eigenvalue weighted by Crippen LogP contribution is -2.24. The summed E-state index contributed by atoms with van der Waals surface area (Å²) in [6, 6.07) is 5.42. The van der Waals surface area contributed by atoms with Gasteiger partial charge in [0.2, 0.25) is 0 Å². The van der Waals surface area contributed by atoms with E-state index >= 15 is 0 Å². The molecule has 0 saturated heterocycles. The number of nitrogens with two attached hydrogens (primary N) is 1. The highest BCUT2D eigenvalue weighted by molar-refractivity contribution is 6.05. The van der Waals surface area contributed by atoms with Crippen LogP contribution in [0.2, 0.25) is 0 Å². The number of amides is 1. The first-order valence-corrected chi connectivity index (χ1v) is 7.64. The van der Waals surface area contributed by atoms with E-state index in [1.165, 1.54) is 6.33 Å². The number of anilines is 1. The Morgan fingerprint density at radius 2 is 2.08 bits per heavy atom. The predicted molar refractivity (Wildman–Crippen MR) is 89.3 cm³/mol. The minimum atomic E-state index is -0.243. The van der Waals surface area contributed by atoms with Crippen LogP contribution >= 0.6 is 0 Å². The molecular formula is C16H18N6O2. The molecule has 0 atom stereocenters. The molecule has 3 heterocycles. The van der Waals surface area contributed by atoms with Gasteiger partial charge in [0, 0.05) is 31.1 Å². The highest BCUT2D eigenvalue weighted by Gasteiger charge is 2.19. The lowest BCUT2D eigenvalue weighted by molar-refractivity contribution is 0.0954. The molecule has 124 valence electrons. The molecule has 0 aliphatic rings. The van der Waals surface area contributed by atoms with E-state index in [1.807, 2.05) is 12.1 Å². The molecule has 0 aromatic carbocycles. The second-order valence-corrected chi connectivity index (χ2v) is 5.27. The van der Waals surface area contributed by atoms with Crippen LogP contribution in [0, 0.1) is 0 Å². The van der Waals surface area contributed by atoms with Crippen molar-refractivity contribution in [2.24, 2.45) is 0 Å². The van der Waals surface area contributed by atoms with Gasteiger partial charge in [0.1, 0.15) is 11.8 Å². The average molecular weight is 326 g/mol. The van der Waals surface area contributed by atoms with E-state index in [0.29, 0.717) is 30.5 Å². The SMILES string of the molecule is Nc1ncnn2c(-c3ccncc3)cc(C(=O)NCCCCO)c12. The van der Waals surface area contributed by atoms with Crippen molar-refractivity contribution in [3.05, 3.63) is 42.5 Å². The van der Waals surface area contributed by atoms with Gasteiger partial charge in [0.25, 0.3) is 5.91 Å². The van der Waals surface area contributed by atoms with Gasteiger partial charge < -0.3 is 16.2 Å². The smallest absolute Gasteiger partial charge is 0.253 e. The quantitative estimate of drug-likeness (QED) is 0.579. The van der Waals surface area contributed by atoms with Crippen LogP contribution in [0.4, 0.5) is 5.82 Å². The zero-order valence-electron chi connectivity index (χ0n) is 13.0. The normalized spacial score (nSPS) is 10.9. The summed E-state index contributed by atoms with van der Waals surface area (Å²) < 4.78 is 1.61. The monoisotopic (exact) mass is 326 g/mol. The Hall–Kier alpha value is -3.00. The Balaban J connectivity index is 2.00.